The molecule has 2 rings (SSSR count). The number of para-hydroxylation sites is 1. The molecule has 0 saturated carbocycles. The Labute approximate surface area is 117 Å². The maximum absolute atomic E-state index is 13.9. The molecule has 1 atom stereocenters. The van der Waals surface area contributed by atoms with Gasteiger partial charge in [-0.3, -0.25) is 0 Å². The molecule has 2 aromatic rings. The van der Waals surface area contributed by atoms with Gasteiger partial charge < -0.3 is 10.5 Å². The highest BCUT2D eigenvalue weighted by atomic mass is 19.1. The molecule has 0 aliphatic heterocycles. The Bertz CT molecular complexity index is 613. The number of rotatable bonds is 4. The van der Waals surface area contributed by atoms with Crippen molar-refractivity contribution in [2.24, 2.45) is 5.73 Å². The third-order valence-electron chi connectivity index (χ3n) is 3.17. The fraction of sp³-hybridized carbons (Fsp3) is 0.250. The number of hydrogen-bond acceptors (Lipinski definition) is 2. The molecule has 0 aliphatic carbocycles. The maximum Gasteiger partial charge on any atom is 0.131 e. The van der Waals surface area contributed by atoms with Crippen molar-refractivity contribution < 1.29 is 13.5 Å². The Morgan fingerprint density at radius 2 is 1.80 bits per heavy atom. The van der Waals surface area contributed by atoms with E-state index in [-0.39, 0.29) is 5.56 Å². The fourth-order valence-corrected chi connectivity index (χ4v) is 2.11. The summed E-state index contributed by atoms with van der Waals surface area (Å²) < 4.78 is 32.7. The Hall–Kier alpha value is -1.94. The second kappa shape index (κ2) is 6.01. The van der Waals surface area contributed by atoms with E-state index in [1.54, 1.807) is 19.1 Å². The summed E-state index contributed by atoms with van der Waals surface area (Å²) in [4.78, 5) is 0. The Kier molecular flexibility index (Phi) is 4.35. The van der Waals surface area contributed by atoms with Gasteiger partial charge in [-0.15, -0.1) is 0 Å². The van der Waals surface area contributed by atoms with Crippen LogP contribution < -0.4 is 10.5 Å². The first-order valence-electron chi connectivity index (χ1n) is 6.47. The number of ether oxygens (including phenoxy) is 1. The monoisotopic (exact) mass is 277 g/mol. The number of halogens is 2. The molecule has 0 heterocycles. The summed E-state index contributed by atoms with van der Waals surface area (Å²) in [6.07, 6.45) is 0. The second-order valence-corrected chi connectivity index (χ2v) is 4.57. The molecule has 0 saturated heterocycles. The normalized spacial score (nSPS) is 12.2. The van der Waals surface area contributed by atoms with E-state index in [1.807, 2.05) is 19.1 Å². The molecule has 0 aliphatic rings. The quantitative estimate of drug-likeness (QED) is 0.924. The van der Waals surface area contributed by atoms with E-state index in [0.717, 1.165) is 6.07 Å². The SMILES string of the molecule is CCOc1ccccc1C(N)c1cc(C)c(F)cc1F. The predicted octanol–water partition coefficient (Wildman–Crippen LogP) is 3.72. The summed E-state index contributed by atoms with van der Waals surface area (Å²) in [6, 6.07) is 8.82. The minimum Gasteiger partial charge on any atom is -0.494 e. The van der Waals surface area contributed by atoms with E-state index < -0.39 is 17.7 Å². The van der Waals surface area contributed by atoms with E-state index in [9.17, 15) is 8.78 Å². The molecule has 0 aromatic heterocycles. The molecule has 2 aromatic carbocycles. The first-order valence-corrected chi connectivity index (χ1v) is 6.47. The summed E-state index contributed by atoms with van der Waals surface area (Å²) in [5.41, 5.74) is 7.43. The average Bonchev–Trinajstić information content (AvgIpc) is 2.43. The summed E-state index contributed by atoms with van der Waals surface area (Å²) in [5, 5.41) is 0. The maximum atomic E-state index is 13.9. The van der Waals surface area contributed by atoms with Crippen LogP contribution in [0.25, 0.3) is 0 Å². The van der Waals surface area contributed by atoms with Gasteiger partial charge in [0.2, 0.25) is 0 Å². The zero-order valence-electron chi connectivity index (χ0n) is 11.5. The lowest BCUT2D eigenvalue weighted by atomic mass is 9.96. The van der Waals surface area contributed by atoms with Crippen LogP contribution in [0.5, 0.6) is 5.75 Å². The lowest BCUT2D eigenvalue weighted by molar-refractivity contribution is 0.335. The Morgan fingerprint density at radius 1 is 1.10 bits per heavy atom. The van der Waals surface area contributed by atoms with Crippen molar-refractivity contribution in [2.45, 2.75) is 19.9 Å². The smallest absolute Gasteiger partial charge is 0.131 e. The van der Waals surface area contributed by atoms with Crippen molar-refractivity contribution in [2.75, 3.05) is 6.61 Å². The van der Waals surface area contributed by atoms with Crippen LogP contribution in [0.15, 0.2) is 36.4 Å². The summed E-state index contributed by atoms with van der Waals surface area (Å²) >= 11 is 0. The van der Waals surface area contributed by atoms with Crippen LogP contribution in [0.1, 0.15) is 29.7 Å². The lowest BCUT2D eigenvalue weighted by Gasteiger charge is -2.18. The van der Waals surface area contributed by atoms with Gasteiger partial charge in [-0.2, -0.15) is 0 Å². The van der Waals surface area contributed by atoms with E-state index in [2.05, 4.69) is 0 Å². The molecule has 1 unspecified atom stereocenters. The van der Waals surface area contributed by atoms with Gasteiger partial charge in [-0.05, 0) is 31.5 Å². The van der Waals surface area contributed by atoms with Gasteiger partial charge in [-0.25, -0.2) is 8.78 Å². The van der Waals surface area contributed by atoms with E-state index >= 15 is 0 Å². The first-order chi connectivity index (χ1) is 9.54. The van der Waals surface area contributed by atoms with Gasteiger partial charge in [0.1, 0.15) is 17.4 Å². The Morgan fingerprint density at radius 3 is 2.50 bits per heavy atom. The minimum atomic E-state index is -0.697. The van der Waals surface area contributed by atoms with Crippen LogP contribution in [0.2, 0.25) is 0 Å². The molecule has 0 radical (unpaired) electrons. The van der Waals surface area contributed by atoms with Crippen LogP contribution in [-0.2, 0) is 0 Å². The lowest BCUT2D eigenvalue weighted by Crippen LogP contribution is -2.15. The van der Waals surface area contributed by atoms with Crippen LogP contribution in [0, 0.1) is 18.6 Å². The summed E-state index contributed by atoms with van der Waals surface area (Å²) in [7, 11) is 0. The van der Waals surface area contributed by atoms with Crippen molar-refractivity contribution in [1.29, 1.82) is 0 Å². The molecule has 20 heavy (non-hydrogen) atoms. The third-order valence-corrected chi connectivity index (χ3v) is 3.17. The number of nitrogens with two attached hydrogens (primary N) is 1. The molecule has 0 amide bonds. The largest absolute Gasteiger partial charge is 0.494 e. The van der Waals surface area contributed by atoms with Crippen LogP contribution in [0.4, 0.5) is 8.78 Å². The zero-order valence-corrected chi connectivity index (χ0v) is 11.5. The second-order valence-electron chi connectivity index (χ2n) is 4.57. The standard InChI is InChI=1S/C16H17F2NO/c1-3-20-15-7-5-4-6-11(15)16(19)12-8-10(2)13(17)9-14(12)18/h4-9,16H,3,19H2,1-2H3. The van der Waals surface area contributed by atoms with E-state index in [0.29, 0.717) is 23.5 Å². The molecule has 0 spiro atoms. The number of hydrogen-bond donors (Lipinski definition) is 1. The number of aryl methyl sites for hydroxylation is 1. The first kappa shape index (κ1) is 14.5. The zero-order chi connectivity index (χ0) is 14.7. The van der Waals surface area contributed by atoms with Gasteiger partial charge in [0.25, 0.3) is 0 Å². The average molecular weight is 277 g/mol. The molecule has 4 heteroatoms. The fourth-order valence-electron chi connectivity index (χ4n) is 2.11. The van der Waals surface area contributed by atoms with Crippen molar-refractivity contribution in [1.82, 2.24) is 0 Å². The van der Waals surface area contributed by atoms with Crippen molar-refractivity contribution >= 4 is 0 Å². The van der Waals surface area contributed by atoms with Gasteiger partial charge in [-0.1, -0.05) is 18.2 Å². The molecule has 0 fully saturated rings. The van der Waals surface area contributed by atoms with Gasteiger partial charge in [0.15, 0.2) is 0 Å². The minimum absolute atomic E-state index is 0.260. The van der Waals surface area contributed by atoms with Crippen LogP contribution >= 0.6 is 0 Å². The molecule has 2 N–H and O–H groups in total. The molecule has 106 valence electrons. The van der Waals surface area contributed by atoms with Gasteiger partial charge >= 0.3 is 0 Å². The van der Waals surface area contributed by atoms with Crippen LogP contribution in [-0.4, -0.2) is 6.61 Å². The topological polar surface area (TPSA) is 35.2 Å². The summed E-state index contributed by atoms with van der Waals surface area (Å²) in [6.45, 7) is 3.94. The van der Waals surface area contributed by atoms with Gasteiger partial charge in [0, 0.05) is 17.2 Å². The molecule has 2 nitrogen and oxygen atoms in total. The molecular formula is C16H17F2NO. The number of benzene rings is 2. The van der Waals surface area contributed by atoms with E-state index in [1.165, 1.54) is 6.07 Å². The highest BCUT2D eigenvalue weighted by Crippen LogP contribution is 2.30. The van der Waals surface area contributed by atoms with Crippen LogP contribution in [0.3, 0.4) is 0 Å². The van der Waals surface area contributed by atoms with Gasteiger partial charge in [0.05, 0.1) is 12.6 Å². The third kappa shape index (κ3) is 2.80. The highest BCUT2D eigenvalue weighted by Gasteiger charge is 2.19. The van der Waals surface area contributed by atoms with E-state index in [4.69, 9.17) is 10.5 Å². The summed E-state index contributed by atoms with van der Waals surface area (Å²) in [5.74, 6) is -0.604. The molecule has 0 bridgehead atoms. The predicted molar refractivity (Wildman–Crippen MR) is 74.7 cm³/mol. The van der Waals surface area contributed by atoms with Crippen molar-refractivity contribution in [3.05, 3.63) is 64.7 Å². The Balaban J connectivity index is 2.46. The molecular weight excluding hydrogens is 260 g/mol. The van der Waals surface area contributed by atoms with Crippen molar-refractivity contribution in [3.8, 4) is 5.75 Å². The highest BCUT2D eigenvalue weighted by molar-refractivity contribution is 5.42. The van der Waals surface area contributed by atoms with Crippen molar-refractivity contribution in [3.63, 3.8) is 0 Å².